The number of halogens is 2. The third-order valence-corrected chi connectivity index (χ3v) is 3.82. The number of benzene rings is 2. The number of aliphatic hydroxyl groups is 1. The van der Waals surface area contributed by atoms with Crippen molar-refractivity contribution < 1.29 is 19.3 Å². The molecule has 0 aliphatic carbocycles. The minimum Gasteiger partial charge on any atom is -0.493 e. The molecule has 0 radical (unpaired) electrons. The average molecular weight is 402 g/mol. The van der Waals surface area contributed by atoms with Crippen molar-refractivity contribution in [1.29, 1.82) is 0 Å². The molecule has 2 N–H and O–H groups in total. The molecule has 2 rings (SSSR count). The highest BCUT2D eigenvalue weighted by Gasteiger charge is 2.06. The van der Waals surface area contributed by atoms with Crippen LogP contribution in [0.5, 0.6) is 17.2 Å². The van der Waals surface area contributed by atoms with Gasteiger partial charge >= 0.3 is 0 Å². The number of ether oxygens (including phenoxy) is 3. The third-order valence-electron chi connectivity index (χ3n) is 3.50. The molecule has 0 atom stereocenters. The number of nitrogens with one attached hydrogen (secondary N) is 1. The topological polar surface area (TPSA) is 60.0 Å². The maximum Gasteiger partial charge on any atom is 0.161 e. The van der Waals surface area contributed by atoms with Gasteiger partial charge in [0.25, 0.3) is 0 Å². The van der Waals surface area contributed by atoms with Gasteiger partial charge in [-0.05, 0) is 42.8 Å². The highest BCUT2D eigenvalue weighted by Crippen LogP contribution is 2.28. The summed E-state index contributed by atoms with van der Waals surface area (Å²) in [6.45, 7) is 2.45. The predicted molar refractivity (Wildman–Crippen MR) is 106 cm³/mol. The average Bonchev–Trinajstić information content (AvgIpc) is 2.64. The van der Waals surface area contributed by atoms with Gasteiger partial charge in [-0.1, -0.05) is 29.8 Å². The van der Waals surface area contributed by atoms with Crippen LogP contribution in [0.1, 0.15) is 12.0 Å². The molecule has 0 saturated heterocycles. The Balaban J connectivity index is 0.00000338. The van der Waals surface area contributed by atoms with Gasteiger partial charge in [-0.15, -0.1) is 12.4 Å². The van der Waals surface area contributed by atoms with Crippen molar-refractivity contribution in [2.24, 2.45) is 0 Å². The van der Waals surface area contributed by atoms with Gasteiger partial charge in [0.1, 0.15) is 19.0 Å². The predicted octanol–water partition coefficient (Wildman–Crippen LogP) is 3.70. The summed E-state index contributed by atoms with van der Waals surface area (Å²) in [4.78, 5) is 0. The van der Waals surface area contributed by atoms with Crippen LogP contribution in [0.15, 0.2) is 42.5 Å². The van der Waals surface area contributed by atoms with E-state index in [1.54, 1.807) is 13.2 Å². The molecule has 7 heteroatoms. The van der Waals surface area contributed by atoms with E-state index in [1.165, 1.54) is 0 Å². The van der Waals surface area contributed by atoms with Crippen LogP contribution >= 0.6 is 24.0 Å². The summed E-state index contributed by atoms with van der Waals surface area (Å²) in [5.74, 6) is 1.99. The molecule has 0 bridgehead atoms. The van der Waals surface area contributed by atoms with Gasteiger partial charge < -0.3 is 24.6 Å². The molecule has 2 aromatic carbocycles. The number of para-hydroxylation sites is 1. The molecule has 0 aromatic heterocycles. The number of hydrogen-bond donors (Lipinski definition) is 2. The van der Waals surface area contributed by atoms with Gasteiger partial charge in [0.15, 0.2) is 11.5 Å². The van der Waals surface area contributed by atoms with Crippen molar-refractivity contribution in [3.05, 3.63) is 53.1 Å². The largest absolute Gasteiger partial charge is 0.493 e. The zero-order chi connectivity index (χ0) is 17.9. The Morgan fingerprint density at radius 1 is 1.00 bits per heavy atom. The second-order valence-electron chi connectivity index (χ2n) is 5.37. The number of aliphatic hydroxyl groups excluding tert-OH is 1. The molecule has 0 spiro atoms. The molecule has 2 aromatic rings. The molecular weight excluding hydrogens is 377 g/mol. The number of rotatable bonds is 11. The molecule has 0 unspecified atom stereocenters. The lowest BCUT2D eigenvalue weighted by Crippen LogP contribution is -2.15. The fourth-order valence-corrected chi connectivity index (χ4v) is 2.43. The monoisotopic (exact) mass is 401 g/mol. The van der Waals surface area contributed by atoms with E-state index in [0.29, 0.717) is 42.0 Å². The highest BCUT2D eigenvalue weighted by atomic mass is 35.5. The minimum absolute atomic E-state index is 0. The maximum atomic E-state index is 8.78. The zero-order valence-electron chi connectivity index (χ0n) is 14.7. The van der Waals surface area contributed by atoms with Crippen LogP contribution in [0.4, 0.5) is 0 Å². The lowest BCUT2D eigenvalue weighted by atomic mass is 10.2. The molecule has 0 saturated carbocycles. The normalized spacial score (nSPS) is 10.1. The van der Waals surface area contributed by atoms with Gasteiger partial charge in [0.05, 0.1) is 12.1 Å². The summed E-state index contributed by atoms with van der Waals surface area (Å²) >= 11 is 6.04. The van der Waals surface area contributed by atoms with Crippen LogP contribution in [-0.2, 0) is 6.54 Å². The Hall–Kier alpha value is -1.66. The molecule has 144 valence electrons. The van der Waals surface area contributed by atoms with E-state index in [9.17, 15) is 0 Å². The molecule has 0 heterocycles. The van der Waals surface area contributed by atoms with E-state index >= 15 is 0 Å². The zero-order valence-corrected chi connectivity index (χ0v) is 16.3. The summed E-state index contributed by atoms with van der Waals surface area (Å²) < 4.78 is 16.7. The molecule has 5 nitrogen and oxygen atoms in total. The molecule has 26 heavy (non-hydrogen) atoms. The van der Waals surface area contributed by atoms with Crippen molar-refractivity contribution in [3.8, 4) is 17.2 Å². The van der Waals surface area contributed by atoms with Gasteiger partial charge in [0, 0.05) is 13.2 Å². The van der Waals surface area contributed by atoms with Crippen LogP contribution in [0.3, 0.4) is 0 Å². The van der Waals surface area contributed by atoms with E-state index in [-0.39, 0.29) is 19.0 Å². The van der Waals surface area contributed by atoms with Crippen LogP contribution in [0, 0.1) is 0 Å². The van der Waals surface area contributed by atoms with Crippen molar-refractivity contribution in [2.45, 2.75) is 13.0 Å². The summed E-state index contributed by atoms with van der Waals surface area (Å²) in [7, 11) is 1.62. The first kappa shape index (κ1) is 22.4. The van der Waals surface area contributed by atoms with E-state index in [4.69, 9.17) is 30.9 Å². The second kappa shape index (κ2) is 12.7. The van der Waals surface area contributed by atoms with Crippen LogP contribution in [-0.4, -0.2) is 38.6 Å². The molecule has 0 aliphatic rings. The van der Waals surface area contributed by atoms with Crippen LogP contribution in [0.25, 0.3) is 0 Å². The lowest BCUT2D eigenvalue weighted by molar-refractivity contribution is 0.211. The molecule has 0 amide bonds. The fraction of sp³-hybridized carbons (Fsp3) is 0.368. The van der Waals surface area contributed by atoms with Gasteiger partial charge in [-0.25, -0.2) is 0 Å². The lowest BCUT2D eigenvalue weighted by Gasteiger charge is -2.13. The maximum absolute atomic E-state index is 8.78. The molecule has 0 aliphatic heterocycles. The van der Waals surface area contributed by atoms with E-state index in [2.05, 4.69) is 5.32 Å². The second-order valence-corrected chi connectivity index (χ2v) is 5.77. The number of methoxy groups -OCH3 is 1. The number of hydrogen-bond acceptors (Lipinski definition) is 5. The smallest absolute Gasteiger partial charge is 0.161 e. The van der Waals surface area contributed by atoms with Crippen molar-refractivity contribution in [1.82, 2.24) is 5.32 Å². The first-order valence-corrected chi connectivity index (χ1v) is 8.61. The molecular formula is C19H25Cl2NO4. The SMILES string of the molecule is COc1cc(CNCCCO)ccc1OCCOc1ccccc1Cl.Cl. The minimum atomic E-state index is 0. The van der Waals surface area contributed by atoms with Crippen LogP contribution < -0.4 is 19.5 Å². The first-order chi connectivity index (χ1) is 12.2. The van der Waals surface area contributed by atoms with Crippen molar-refractivity contribution in [2.75, 3.05) is 33.5 Å². The Kier molecular flexibility index (Phi) is 10.9. The van der Waals surface area contributed by atoms with E-state index in [1.807, 2.05) is 36.4 Å². The Morgan fingerprint density at radius 2 is 1.73 bits per heavy atom. The quantitative estimate of drug-likeness (QED) is 0.562. The summed E-state index contributed by atoms with van der Waals surface area (Å²) in [6.07, 6.45) is 0.740. The van der Waals surface area contributed by atoms with Gasteiger partial charge in [-0.2, -0.15) is 0 Å². The summed E-state index contributed by atoms with van der Waals surface area (Å²) in [5, 5.41) is 12.6. The molecule has 0 fully saturated rings. The summed E-state index contributed by atoms with van der Waals surface area (Å²) in [6, 6.07) is 13.1. The highest BCUT2D eigenvalue weighted by molar-refractivity contribution is 6.32. The Labute approximate surface area is 165 Å². The van der Waals surface area contributed by atoms with Crippen molar-refractivity contribution in [3.63, 3.8) is 0 Å². The standard InChI is InChI=1S/C19H24ClNO4.ClH/c1-23-19-13-15(14-21-9-4-10-22)7-8-18(19)25-12-11-24-17-6-3-2-5-16(17)20;/h2-3,5-8,13,21-22H,4,9-12,14H2,1H3;1H. The van der Waals surface area contributed by atoms with Crippen LogP contribution in [0.2, 0.25) is 5.02 Å². The summed E-state index contributed by atoms with van der Waals surface area (Å²) in [5.41, 5.74) is 1.09. The van der Waals surface area contributed by atoms with E-state index < -0.39 is 0 Å². The van der Waals surface area contributed by atoms with Gasteiger partial charge in [-0.3, -0.25) is 0 Å². The Bertz CT molecular complexity index is 655. The Morgan fingerprint density at radius 3 is 2.42 bits per heavy atom. The van der Waals surface area contributed by atoms with E-state index in [0.717, 1.165) is 18.5 Å². The third kappa shape index (κ3) is 7.30. The van der Waals surface area contributed by atoms with Gasteiger partial charge in [0.2, 0.25) is 0 Å². The fourth-order valence-electron chi connectivity index (χ4n) is 2.24. The first-order valence-electron chi connectivity index (χ1n) is 8.23. The van der Waals surface area contributed by atoms with Crippen molar-refractivity contribution >= 4 is 24.0 Å².